The summed E-state index contributed by atoms with van der Waals surface area (Å²) >= 11 is 3.38. The molecule has 0 spiro atoms. The maximum Gasteiger partial charge on any atom is 0.132 e. The number of hydrogen-bond acceptors (Lipinski definition) is 2. The number of terminal acetylenes is 1. The third-order valence-corrected chi connectivity index (χ3v) is 2.79. The van der Waals surface area contributed by atoms with Crippen LogP contribution >= 0.6 is 15.9 Å². The summed E-state index contributed by atoms with van der Waals surface area (Å²) in [5.74, 6) is 3.13. The standard InChI is InChI=1S/C12H10BrN3/c1-2-7-16-8-15-11(12(16)14)9-3-5-10(13)6-4-9/h1,3-6,8H,7,14H2. The van der Waals surface area contributed by atoms with E-state index in [2.05, 4.69) is 26.8 Å². The number of hydrogen-bond donors (Lipinski definition) is 1. The molecule has 0 unspecified atom stereocenters. The molecule has 4 heteroatoms. The van der Waals surface area contributed by atoms with Gasteiger partial charge in [-0.2, -0.15) is 0 Å². The highest BCUT2D eigenvalue weighted by Crippen LogP contribution is 2.25. The molecular weight excluding hydrogens is 266 g/mol. The summed E-state index contributed by atoms with van der Waals surface area (Å²) in [5, 5.41) is 0. The second kappa shape index (κ2) is 4.42. The van der Waals surface area contributed by atoms with Crippen molar-refractivity contribution in [3.63, 3.8) is 0 Å². The van der Waals surface area contributed by atoms with Crippen molar-refractivity contribution in [3.05, 3.63) is 35.1 Å². The molecule has 0 amide bonds. The maximum atomic E-state index is 5.95. The van der Waals surface area contributed by atoms with Crippen LogP contribution in [0, 0.1) is 12.3 Å². The van der Waals surface area contributed by atoms with Gasteiger partial charge in [0.25, 0.3) is 0 Å². The molecule has 3 nitrogen and oxygen atoms in total. The van der Waals surface area contributed by atoms with Gasteiger partial charge in [-0.15, -0.1) is 6.42 Å². The molecule has 0 aliphatic carbocycles. The summed E-state index contributed by atoms with van der Waals surface area (Å²) in [6.07, 6.45) is 6.90. The van der Waals surface area contributed by atoms with Gasteiger partial charge in [0.2, 0.25) is 0 Å². The molecule has 2 rings (SSSR count). The predicted molar refractivity (Wildman–Crippen MR) is 68.6 cm³/mol. The Morgan fingerprint density at radius 2 is 2.06 bits per heavy atom. The first kappa shape index (κ1) is 10.8. The summed E-state index contributed by atoms with van der Waals surface area (Å²) in [6.45, 7) is 0.440. The van der Waals surface area contributed by atoms with Gasteiger partial charge >= 0.3 is 0 Å². The van der Waals surface area contributed by atoms with E-state index in [-0.39, 0.29) is 0 Å². The van der Waals surface area contributed by atoms with E-state index in [4.69, 9.17) is 12.2 Å². The van der Waals surface area contributed by atoms with Crippen LogP contribution in [0.2, 0.25) is 0 Å². The fraction of sp³-hybridized carbons (Fsp3) is 0.0833. The van der Waals surface area contributed by atoms with Gasteiger partial charge in [-0.05, 0) is 12.1 Å². The van der Waals surface area contributed by atoms with E-state index in [0.717, 1.165) is 15.7 Å². The molecule has 2 aromatic rings. The van der Waals surface area contributed by atoms with Gasteiger partial charge in [-0.3, -0.25) is 0 Å². The molecule has 16 heavy (non-hydrogen) atoms. The minimum atomic E-state index is 0.440. The van der Waals surface area contributed by atoms with Gasteiger partial charge in [-0.1, -0.05) is 34.0 Å². The lowest BCUT2D eigenvalue weighted by Crippen LogP contribution is -2.00. The first-order valence-electron chi connectivity index (χ1n) is 4.72. The summed E-state index contributed by atoms with van der Waals surface area (Å²) in [7, 11) is 0. The minimum Gasteiger partial charge on any atom is -0.383 e. The monoisotopic (exact) mass is 275 g/mol. The van der Waals surface area contributed by atoms with E-state index < -0.39 is 0 Å². The summed E-state index contributed by atoms with van der Waals surface area (Å²) < 4.78 is 2.77. The Labute approximate surface area is 102 Å². The molecule has 1 heterocycles. The van der Waals surface area contributed by atoms with Crippen molar-refractivity contribution in [2.75, 3.05) is 5.73 Å². The molecule has 80 valence electrons. The number of aromatic nitrogens is 2. The van der Waals surface area contributed by atoms with Gasteiger partial charge < -0.3 is 10.3 Å². The van der Waals surface area contributed by atoms with E-state index in [9.17, 15) is 0 Å². The fourth-order valence-corrected chi connectivity index (χ4v) is 1.71. The topological polar surface area (TPSA) is 43.8 Å². The number of anilines is 1. The Morgan fingerprint density at radius 3 is 2.69 bits per heavy atom. The third kappa shape index (κ3) is 1.95. The number of rotatable bonds is 2. The molecule has 0 saturated heterocycles. The van der Waals surface area contributed by atoms with Crippen LogP contribution in [-0.4, -0.2) is 9.55 Å². The highest BCUT2D eigenvalue weighted by molar-refractivity contribution is 9.10. The first-order chi connectivity index (χ1) is 7.72. The molecule has 0 atom stereocenters. The Morgan fingerprint density at radius 1 is 1.38 bits per heavy atom. The van der Waals surface area contributed by atoms with Crippen LogP contribution in [0.15, 0.2) is 35.1 Å². The normalized spacial score (nSPS) is 10.0. The summed E-state index contributed by atoms with van der Waals surface area (Å²) in [5.41, 5.74) is 7.70. The Bertz CT molecular complexity index is 534. The zero-order valence-corrected chi connectivity index (χ0v) is 10.1. The van der Waals surface area contributed by atoms with E-state index in [1.165, 1.54) is 0 Å². The van der Waals surface area contributed by atoms with Crippen molar-refractivity contribution in [2.24, 2.45) is 0 Å². The zero-order chi connectivity index (χ0) is 11.5. The minimum absolute atomic E-state index is 0.440. The van der Waals surface area contributed by atoms with Crippen LogP contribution in [0.5, 0.6) is 0 Å². The second-order valence-corrected chi connectivity index (χ2v) is 4.23. The van der Waals surface area contributed by atoms with Crippen LogP contribution < -0.4 is 5.73 Å². The van der Waals surface area contributed by atoms with Crippen molar-refractivity contribution in [1.29, 1.82) is 0 Å². The maximum absolute atomic E-state index is 5.95. The Hall–Kier alpha value is -1.73. The highest BCUT2D eigenvalue weighted by Gasteiger charge is 2.08. The molecule has 0 radical (unpaired) electrons. The number of nitrogens with two attached hydrogens (primary N) is 1. The molecule has 0 aliphatic heterocycles. The van der Waals surface area contributed by atoms with E-state index in [1.807, 2.05) is 24.3 Å². The number of imidazole rings is 1. The number of halogens is 1. The third-order valence-electron chi connectivity index (χ3n) is 2.26. The molecule has 1 aromatic heterocycles. The average Bonchev–Trinajstić information content (AvgIpc) is 2.63. The Kier molecular flexibility index (Phi) is 2.97. The first-order valence-corrected chi connectivity index (χ1v) is 5.51. The Balaban J connectivity index is 2.42. The van der Waals surface area contributed by atoms with Crippen molar-refractivity contribution in [1.82, 2.24) is 9.55 Å². The van der Waals surface area contributed by atoms with Crippen molar-refractivity contribution < 1.29 is 0 Å². The molecule has 1 aromatic carbocycles. The lowest BCUT2D eigenvalue weighted by Gasteiger charge is -2.02. The molecule has 2 N–H and O–H groups in total. The van der Waals surface area contributed by atoms with E-state index in [1.54, 1.807) is 10.9 Å². The van der Waals surface area contributed by atoms with Crippen LogP contribution in [0.25, 0.3) is 11.3 Å². The zero-order valence-electron chi connectivity index (χ0n) is 8.52. The average molecular weight is 276 g/mol. The molecule has 0 aliphatic rings. The number of benzene rings is 1. The number of nitrogens with zero attached hydrogens (tertiary/aromatic N) is 2. The van der Waals surface area contributed by atoms with Gasteiger partial charge in [0.1, 0.15) is 11.5 Å². The molecule has 0 fully saturated rings. The van der Waals surface area contributed by atoms with Gasteiger partial charge in [-0.25, -0.2) is 4.98 Å². The van der Waals surface area contributed by atoms with Crippen molar-refractivity contribution in [3.8, 4) is 23.6 Å². The SMILES string of the molecule is C#CCn1cnc(-c2ccc(Br)cc2)c1N. The molecule has 0 bridgehead atoms. The second-order valence-electron chi connectivity index (χ2n) is 3.32. The van der Waals surface area contributed by atoms with Crippen LogP contribution in [0.3, 0.4) is 0 Å². The fourth-order valence-electron chi connectivity index (χ4n) is 1.45. The smallest absolute Gasteiger partial charge is 0.132 e. The quantitative estimate of drug-likeness (QED) is 0.856. The van der Waals surface area contributed by atoms with Gasteiger partial charge in [0.15, 0.2) is 0 Å². The highest BCUT2D eigenvalue weighted by atomic mass is 79.9. The van der Waals surface area contributed by atoms with Gasteiger partial charge in [0.05, 0.1) is 12.9 Å². The van der Waals surface area contributed by atoms with E-state index in [0.29, 0.717) is 12.4 Å². The van der Waals surface area contributed by atoms with Crippen LogP contribution in [0.4, 0.5) is 5.82 Å². The van der Waals surface area contributed by atoms with Crippen molar-refractivity contribution >= 4 is 21.7 Å². The predicted octanol–water partition coefficient (Wildman–Crippen LogP) is 2.53. The lowest BCUT2D eigenvalue weighted by molar-refractivity contribution is 0.852. The van der Waals surface area contributed by atoms with Crippen LogP contribution in [0.1, 0.15) is 0 Å². The lowest BCUT2D eigenvalue weighted by atomic mass is 10.1. The summed E-state index contributed by atoms with van der Waals surface area (Å²) in [4.78, 5) is 4.26. The van der Waals surface area contributed by atoms with Crippen LogP contribution in [-0.2, 0) is 6.54 Å². The van der Waals surface area contributed by atoms with Gasteiger partial charge in [0, 0.05) is 10.0 Å². The number of nitrogen functional groups attached to an aromatic ring is 1. The largest absolute Gasteiger partial charge is 0.383 e. The molecule has 0 saturated carbocycles. The van der Waals surface area contributed by atoms with Crippen molar-refractivity contribution in [2.45, 2.75) is 6.54 Å². The molecular formula is C12H10BrN3. The van der Waals surface area contributed by atoms with E-state index >= 15 is 0 Å². The summed E-state index contributed by atoms with van der Waals surface area (Å²) in [6, 6.07) is 7.83.